The molecule has 2 aliphatic rings. The minimum absolute atomic E-state index is 0.00477. The van der Waals surface area contributed by atoms with E-state index in [1.807, 2.05) is 11.8 Å². The molecule has 1 amide bonds. The maximum Gasteiger partial charge on any atom is 0.387 e. The predicted octanol–water partition coefficient (Wildman–Crippen LogP) is 4.75. The normalized spacial score (nSPS) is 24.8. The number of amides is 1. The second kappa shape index (κ2) is 8.85. The van der Waals surface area contributed by atoms with Crippen molar-refractivity contribution in [3.63, 3.8) is 0 Å². The number of carbonyl (C=O) groups excluding carboxylic acids is 1. The highest BCUT2D eigenvalue weighted by atomic mass is 19.3. The quantitative estimate of drug-likeness (QED) is 0.687. The Hall–Kier alpha value is -2.64. The number of fused-ring (bicyclic) bond motifs is 2. The molecular weight excluding hydrogens is 406 g/mol. The maximum atomic E-state index is 13.3. The zero-order valence-electron chi connectivity index (χ0n) is 17.5. The third-order valence-corrected chi connectivity index (χ3v) is 6.93. The number of aromatic nitrogens is 1. The molecule has 2 heterocycles. The number of nitrogens with zero attached hydrogens (tertiary/aromatic N) is 1. The molecule has 4 unspecified atom stereocenters. The first-order valence-electron chi connectivity index (χ1n) is 10.9. The van der Waals surface area contributed by atoms with E-state index >= 15 is 0 Å². The van der Waals surface area contributed by atoms with Gasteiger partial charge < -0.3 is 19.7 Å². The number of hydrogen-bond donors (Lipinski definition) is 2. The number of carboxylic acids is 1. The van der Waals surface area contributed by atoms with E-state index in [1.54, 1.807) is 18.3 Å². The number of piperidine rings is 1. The van der Waals surface area contributed by atoms with Crippen molar-refractivity contribution in [2.24, 2.45) is 11.8 Å². The van der Waals surface area contributed by atoms with Crippen LogP contribution in [0.25, 0.3) is 10.9 Å². The van der Waals surface area contributed by atoms with Crippen LogP contribution in [0.15, 0.2) is 24.4 Å². The van der Waals surface area contributed by atoms with Crippen LogP contribution in [0.2, 0.25) is 0 Å². The van der Waals surface area contributed by atoms with Crippen LogP contribution in [0.1, 0.15) is 56.9 Å². The van der Waals surface area contributed by atoms with E-state index in [9.17, 15) is 23.5 Å². The lowest BCUT2D eigenvalue weighted by atomic mass is 9.71. The van der Waals surface area contributed by atoms with Crippen molar-refractivity contribution in [2.45, 2.75) is 64.0 Å². The summed E-state index contributed by atoms with van der Waals surface area (Å²) in [4.78, 5) is 29.9. The fourth-order valence-electron chi connectivity index (χ4n) is 5.55. The van der Waals surface area contributed by atoms with Crippen LogP contribution >= 0.6 is 0 Å². The number of nitrogens with one attached hydrogen (secondary N) is 1. The van der Waals surface area contributed by atoms with Crippen LogP contribution in [-0.2, 0) is 9.59 Å². The Morgan fingerprint density at radius 1 is 1.26 bits per heavy atom. The second-order valence-corrected chi connectivity index (χ2v) is 8.74. The lowest BCUT2D eigenvalue weighted by Gasteiger charge is -2.46. The molecule has 2 aromatic rings. The van der Waals surface area contributed by atoms with Crippen LogP contribution in [0.5, 0.6) is 5.75 Å². The Morgan fingerprint density at radius 2 is 2.06 bits per heavy atom. The average molecular weight is 434 g/mol. The standard InChI is InChI=1S/C23H28F2N2O4/c1-13(16-12-26-17-7-3-9-19(21(16)17)31-23(24)25)11-20(28)27-10-4-6-14-15(22(29)30)5-2-8-18(14)27/h3,7,9,12-15,18,23,26H,2,4-6,8,10-11H2,1H3,(H,29,30). The van der Waals surface area contributed by atoms with Gasteiger partial charge in [-0.3, -0.25) is 9.59 Å². The van der Waals surface area contributed by atoms with Crippen molar-refractivity contribution in [1.82, 2.24) is 9.88 Å². The van der Waals surface area contributed by atoms with Gasteiger partial charge >= 0.3 is 12.6 Å². The summed E-state index contributed by atoms with van der Waals surface area (Å²) < 4.78 is 30.4. The van der Waals surface area contributed by atoms with Crippen LogP contribution < -0.4 is 4.74 Å². The molecule has 6 nitrogen and oxygen atoms in total. The van der Waals surface area contributed by atoms with Gasteiger partial charge in [0.05, 0.1) is 5.92 Å². The molecule has 0 spiro atoms. The van der Waals surface area contributed by atoms with Crippen molar-refractivity contribution >= 4 is 22.8 Å². The van der Waals surface area contributed by atoms with Gasteiger partial charge in [-0.05, 0) is 55.2 Å². The highest BCUT2D eigenvalue weighted by Gasteiger charge is 2.43. The number of carbonyl (C=O) groups is 2. The number of alkyl halides is 2. The molecule has 1 aromatic heterocycles. The highest BCUT2D eigenvalue weighted by molar-refractivity contribution is 5.90. The average Bonchev–Trinajstić information content (AvgIpc) is 3.17. The molecule has 2 N–H and O–H groups in total. The van der Waals surface area contributed by atoms with Gasteiger partial charge in [-0.15, -0.1) is 0 Å². The Kier molecular flexibility index (Phi) is 6.16. The maximum absolute atomic E-state index is 13.3. The SMILES string of the molecule is CC(CC(=O)N1CCCC2C(C(=O)O)CCCC21)c1c[nH]c2cccc(OC(F)F)c12. The fourth-order valence-corrected chi connectivity index (χ4v) is 5.55. The van der Waals surface area contributed by atoms with Crippen molar-refractivity contribution in [2.75, 3.05) is 6.54 Å². The molecule has 4 rings (SSSR count). The summed E-state index contributed by atoms with van der Waals surface area (Å²) in [6.07, 6.45) is 5.97. The number of carboxylic acid groups (broad SMARTS) is 1. The summed E-state index contributed by atoms with van der Waals surface area (Å²) in [7, 11) is 0. The van der Waals surface area contributed by atoms with Gasteiger partial charge in [-0.1, -0.05) is 19.4 Å². The van der Waals surface area contributed by atoms with Crippen molar-refractivity contribution in [3.8, 4) is 5.75 Å². The number of aliphatic carboxylic acids is 1. The number of benzene rings is 1. The van der Waals surface area contributed by atoms with Crippen LogP contribution in [0, 0.1) is 11.8 Å². The molecule has 8 heteroatoms. The summed E-state index contributed by atoms with van der Waals surface area (Å²) in [6.45, 7) is -0.376. The van der Waals surface area contributed by atoms with E-state index in [4.69, 9.17) is 4.74 Å². The molecule has 168 valence electrons. The first-order chi connectivity index (χ1) is 14.9. The van der Waals surface area contributed by atoms with Gasteiger partial charge in [-0.2, -0.15) is 8.78 Å². The lowest BCUT2D eigenvalue weighted by Crippen LogP contribution is -2.53. The number of H-pyrrole nitrogens is 1. The largest absolute Gasteiger partial charge is 0.481 e. The third kappa shape index (κ3) is 4.25. The zero-order chi connectivity index (χ0) is 22.1. The number of ether oxygens (including phenoxy) is 1. The third-order valence-electron chi connectivity index (χ3n) is 6.93. The number of rotatable bonds is 6. The second-order valence-electron chi connectivity index (χ2n) is 8.74. The number of hydrogen-bond acceptors (Lipinski definition) is 3. The van der Waals surface area contributed by atoms with E-state index in [0.29, 0.717) is 23.9 Å². The molecule has 1 saturated heterocycles. The number of aromatic amines is 1. The zero-order valence-corrected chi connectivity index (χ0v) is 17.5. The van der Waals surface area contributed by atoms with E-state index in [2.05, 4.69) is 4.98 Å². The molecule has 1 aliphatic heterocycles. The fraction of sp³-hybridized carbons (Fsp3) is 0.565. The van der Waals surface area contributed by atoms with Gasteiger partial charge in [0.1, 0.15) is 5.75 Å². The molecule has 0 bridgehead atoms. The van der Waals surface area contributed by atoms with Gasteiger partial charge in [0.15, 0.2) is 0 Å². The van der Waals surface area contributed by atoms with E-state index in [-0.39, 0.29) is 41.9 Å². The first kappa shape index (κ1) is 21.6. The molecular formula is C23H28F2N2O4. The van der Waals surface area contributed by atoms with Crippen molar-refractivity contribution < 1.29 is 28.2 Å². The number of likely N-dealkylation sites (tertiary alicyclic amines) is 1. The van der Waals surface area contributed by atoms with Crippen LogP contribution in [-0.4, -0.2) is 46.1 Å². The highest BCUT2D eigenvalue weighted by Crippen LogP contribution is 2.41. The van der Waals surface area contributed by atoms with Gasteiger partial charge in [0.2, 0.25) is 5.91 Å². The van der Waals surface area contributed by atoms with Gasteiger partial charge in [0, 0.05) is 36.1 Å². The molecule has 2 fully saturated rings. The summed E-state index contributed by atoms with van der Waals surface area (Å²) >= 11 is 0. The van der Waals surface area contributed by atoms with E-state index in [0.717, 1.165) is 31.2 Å². The molecule has 1 aromatic carbocycles. The Morgan fingerprint density at radius 3 is 2.81 bits per heavy atom. The smallest absolute Gasteiger partial charge is 0.387 e. The number of halogens is 2. The van der Waals surface area contributed by atoms with Gasteiger partial charge in [-0.25, -0.2) is 0 Å². The topological polar surface area (TPSA) is 82.6 Å². The Labute approximate surface area is 179 Å². The summed E-state index contributed by atoms with van der Waals surface area (Å²) in [5.41, 5.74) is 1.45. The molecule has 1 saturated carbocycles. The molecule has 0 radical (unpaired) electrons. The van der Waals surface area contributed by atoms with Crippen molar-refractivity contribution in [1.29, 1.82) is 0 Å². The monoisotopic (exact) mass is 434 g/mol. The van der Waals surface area contributed by atoms with Crippen LogP contribution in [0.4, 0.5) is 8.78 Å². The van der Waals surface area contributed by atoms with Crippen LogP contribution in [0.3, 0.4) is 0 Å². The van der Waals surface area contributed by atoms with E-state index in [1.165, 1.54) is 6.07 Å². The summed E-state index contributed by atoms with van der Waals surface area (Å²) in [6, 6.07) is 4.91. The Balaban J connectivity index is 1.53. The van der Waals surface area contributed by atoms with E-state index < -0.39 is 12.6 Å². The molecule has 31 heavy (non-hydrogen) atoms. The Bertz CT molecular complexity index is 960. The predicted molar refractivity (Wildman–Crippen MR) is 111 cm³/mol. The van der Waals surface area contributed by atoms with Gasteiger partial charge in [0.25, 0.3) is 0 Å². The lowest BCUT2D eigenvalue weighted by molar-refractivity contribution is -0.152. The first-order valence-corrected chi connectivity index (χ1v) is 10.9. The summed E-state index contributed by atoms with van der Waals surface area (Å²) in [5.74, 6) is -1.24. The minimum Gasteiger partial charge on any atom is -0.481 e. The minimum atomic E-state index is -2.93. The summed E-state index contributed by atoms with van der Waals surface area (Å²) in [5, 5.41) is 10.2. The molecule has 1 aliphatic carbocycles. The van der Waals surface area contributed by atoms with Crippen molar-refractivity contribution in [3.05, 3.63) is 30.0 Å². The molecule has 4 atom stereocenters.